The first-order chi connectivity index (χ1) is 9.45. The molecule has 0 amide bonds. The second-order valence-corrected chi connectivity index (χ2v) is 8.54. The smallest absolute Gasteiger partial charge is 0.104 e. The van der Waals surface area contributed by atoms with E-state index in [-0.39, 0.29) is 17.1 Å². The van der Waals surface area contributed by atoms with Gasteiger partial charge in [-0.3, -0.25) is 0 Å². The number of aliphatic hydroxyl groups excluding tert-OH is 1. The summed E-state index contributed by atoms with van der Waals surface area (Å²) in [5.41, 5.74) is -0.0692. The van der Waals surface area contributed by atoms with Crippen LogP contribution in [0.4, 0.5) is 0 Å². The van der Waals surface area contributed by atoms with E-state index in [1.807, 2.05) is 0 Å². The lowest BCUT2D eigenvalue weighted by atomic mass is 9.54. The summed E-state index contributed by atoms with van der Waals surface area (Å²) in [6, 6.07) is 0. The maximum atomic E-state index is 11.0. The van der Waals surface area contributed by atoms with Crippen LogP contribution in [-0.4, -0.2) is 22.9 Å². The van der Waals surface area contributed by atoms with Gasteiger partial charge >= 0.3 is 0 Å². The number of ether oxygens (including phenoxy) is 1. The average Bonchev–Trinajstić information content (AvgIpc) is 2.93. The molecule has 4 rings (SSSR count). The van der Waals surface area contributed by atoms with Gasteiger partial charge in [0.15, 0.2) is 0 Å². The molecule has 1 heterocycles. The van der Waals surface area contributed by atoms with E-state index in [0.29, 0.717) is 23.9 Å². The Morgan fingerprint density at radius 2 is 1.60 bits per heavy atom. The fraction of sp³-hybridized carbons (Fsp3) is 1.00. The topological polar surface area (TPSA) is 29.5 Å². The van der Waals surface area contributed by atoms with Crippen molar-refractivity contribution in [2.45, 2.75) is 77.6 Å². The van der Waals surface area contributed by atoms with Crippen molar-refractivity contribution in [1.29, 1.82) is 0 Å². The zero-order valence-corrected chi connectivity index (χ0v) is 13.4. The third kappa shape index (κ3) is 1.30. The molecule has 1 N–H and O–H groups in total. The number of hydrogen-bond donors (Lipinski definition) is 1. The predicted octanol–water partition coefficient (Wildman–Crippen LogP) is 3.62. The minimum atomic E-state index is -0.192. The zero-order valence-electron chi connectivity index (χ0n) is 13.4. The van der Waals surface area contributed by atoms with Gasteiger partial charge < -0.3 is 9.84 Å². The van der Waals surface area contributed by atoms with Crippen LogP contribution in [0.2, 0.25) is 0 Å². The molecule has 114 valence electrons. The summed E-state index contributed by atoms with van der Waals surface area (Å²) in [4.78, 5) is 0. The van der Waals surface area contributed by atoms with Crippen molar-refractivity contribution in [1.82, 2.24) is 0 Å². The van der Waals surface area contributed by atoms with Crippen LogP contribution in [0.25, 0.3) is 0 Å². The quantitative estimate of drug-likeness (QED) is 0.733. The molecule has 1 spiro atoms. The van der Waals surface area contributed by atoms with Crippen molar-refractivity contribution in [3.8, 4) is 0 Å². The Hall–Kier alpha value is -0.0800. The van der Waals surface area contributed by atoms with Gasteiger partial charge in [-0.25, -0.2) is 0 Å². The Morgan fingerprint density at radius 1 is 0.900 bits per heavy atom. The fourth-order valence-corrected chi connectivity index (χ4v) is 6.81. The van der Waals surface area contributed by atoms with Gasteiger partial charge in [0.2, 0.25) is 0 Å². The Balaban J connectivity index is 1.83. The monoisotopic (exact) mass is 278 g/mol. The van der Waals surface area contributed by atoms with E-state index in [1.165, 1.54) is 25.7 Å². The summed E-state index contributed by atoms with van der Waals surface area (Å²) in [6.07, 6.45) is 6.31. The van der Waals surface area contributed by atoms with Gasteiger partial charge in [-0.15, -0.1) is 0 Å². The van der Waals surface area contributed by atoms with Crippen molar-refractivity contribution in [2.75, 3.05) is 0 Å². The van der Waals surface area contributed by atoms with Crippen LogP contribution >= 0.6 is 0 Å². The van der Waals surface area contributed by atoms with E-state index in [2.05, 4.69) is 27.7 Å². The summed E-state index contributed by atoms with van der Waals surface area (Å²) in [5, 5.41) is 11.0. The first-order valence-electron chi connectivity index (χ1n) is 8.81. The molecule has 3 saturated carbocycles. The molecule has 20 heavy (non-hydrogen) atoms. The highest BCUT2D eigenvalue weighted by molar-refractivity contribution is 5.34. The van der Waals surface area contributed by atoms with Crippen LogP contribution in [0, 0.1) is 35.0 Å². The van der Waals surface area contributed by atoms with Crippen LogP contribution in [-0.2, 0) is 4.74 Å². The third-order valence-electron chi connectivity index (χ3n) is 7.84. The molecule has 2 nitrogen and oxygen atoms in total. The molecule has 1 aliphatic heterocycles. The van der Waals surface area contributed by atoms with Gasteiger partial charge in [-0.05, 0) is 62.2 Å². The van der Waals surface area contributed by atoms with E-state index < -0.39 is 0 Å². The average molecular weight is 278 g/mol. The van der Waals surface area contributed by atoms with Crippen molar-refractivity contribution >= 4 is 0 Å². The summed E-state index contributed by atoms with van der Waals surface area (Å²) in [5.74, 6) is 3.57. The van der Waals surface area contributed by atoms with Gasteiger partial charge in [-0.2, -0.15) is 0 Å². The Kier molecular flexibility index (Phi) is 2.72. The maximum absolute atomic E-state index is 11.0. The van der Waals surface area contributed by atoms with E-state index in [0.717, 1.165) is 18.3 Å². The van der Waals surface area contributed by atoms with Crippen LogP contribution in [0.3, 0.4) is 0 Å². The lowest BCUT2D eigenvalue weighted by Crippen LogP contribution is -2.49. The fourth-order valence-electron chi connectivity index (χ4n) is 6.81. The maximum Gasteiger partial charge on any atom is 0.104 e. The summed E-state index contributed by atoms with van der Waals surface area (Å²) >= 11 is 0. The first kappa shape index (κ1) is 13.6. The second kappa shape index (κ2) is 4.01. The molecular weight excluding hydrogens is 248 g/mol. The van der Waals surface area contributed by atoms with Crippen molar-refractivity contribution in [3.05, 3.63) is 0 Å². The molecule has 0 radical (unpaired) electrons. The Bertz CT molecular complexity index is 418. The molecule has 3 aliphatic carbocycles. The van der Waals surface area contributed by atoms with Crippen LogP contribution in [0.5, 0.6) is 0 Å². The third-order valence-corrected chi connectivity index (χ3v) is 7.84. The summed E-state index contributed by atoms with van der Waals surface area (Å²) < 4.78 is 6.53. The van der Waals surface area contributed by atoms with Crippen LogP contribution in [0.1, 0.15) is 59.8 Å². The second-order valence-electron chi connectivity index (χ2n) is 8.54. The Morgan fingerprint density at radius 3 is 2.35 bits per heavy atom. The minimum absolute atomic E-state index is 0.112. The van der Waals surface area contributed by atoms with Crippen molar-refractivity contribution < 1.29 is 9.84 Å². The van der Waals surface area contributed by atoms with Crippen LogP contribution in [0.15, 0.2) is 0 Å². The number of rotatable bonds is 0. The molecule has 4 aliphatic rings. The predicted molar refractivity (Wildman–Crippen MR) is 79.3 cm³/mol. The highest BCUT2D eigenvalue weighted by atomic mass is 16.5. The van der Waals surface area contributed by atoms with Gasteiger partial charge in [-0.1, -0.05) is 27.2 Å². The number of aliphatic hydroxyl groups is 1. The molecule has 4 fully saturated rings. The van der Waals surface area contributed by atoms with E-state index >= 15 is 0 Å². The standard InChI is InChI=1S/C18H30O2/c1-10-5-7-15-13(4)11(2)9-17-16(19)18(15,17)14(10)8-6-12(3)20-17/h10-16,19H,5-9H2,1-4H3. The summed E-state index contributed by atoms with van der Waals surface area (Å²) in [7, 11) is 0. The zero-order chi connectivity index (χ0) is 14.3. The molecule has 2 heteroatoms. The number of hydrogen-bond acceptors (Lipinski definition) is 2. The van der Waals surface area contributed by atoms with Gasteiger partial charge in [0.25, 0.3) is 0 Å². The largest absolute Gasteiger partial charge is 0.389 e. The molecule has 1 saturated heterocycles. The minimum Gasteiger partial charge on any atom is -0.389 e. The van der Waals surface area contributed by atoms with Crippen molar-refractivity contribution in [3.63, 3.8) is 0 Å². The molecular formula is C18H30O2. The van der Waals surface area contributed by atoms with E-state index in [9.17, 15) is 5.11 Å². The van der Waals surface area contributed by atoms with Gasteiger partial charge in [0.1, 0.15) is 5.60 Å². The van der Waals surface area contributed by atoms with Gasteiger partial charge in [0.05, 0.1) is 12.2 Å². The lowest BCUT2D eigenvalue weighted by molar-refractivity contribution is -0.118. The lowest BCUT2D eigenvalue weighted by Gasteiger charge is -2.51. The van der Waals surface area contributed by atoms with Crippen molar-refractivity contribution in [2.24, 2.45) is 35.0 Å². The first-order valence-corrected chi connectivity index (χ1v) is 8.81. The SMILES string of the molecule is CC1CCC2C(C)CCC3C(C)C(C)CC4(O1)C(O)C234. The van der Waals surface area contributed by atoms with Gasteiger partial charge in [0, 0.05) is 5.41 Å². The van der Waals surface area contributed by atoms with E-state index in [1.54, 1.807) is 0 Å². The molecule has 0 aromatic heterocycles. The normalized spacial score (nSPS) is 65.0. The highest BCUT2D eigenvalue weighted by Gasteiger charge is 2.86. The highest BCUT2D eigenvalue weighted by Crippen LogP contribution is 2.79. The molecule has 9 atom stereocenters. The van der Waals surface area contributed by atoms with Crippen LogP contribution < -0.4 is 0 Å². The molecule has 9 unspecified atom stereocenters. The molecule has 0 bridgehead atoms. The molecule has 0 aromatic rings. The summed E-state index contributed by atoms with van der Waals surface area (Å²) in [6.45, 7) is 9.44. The Labute approximate surface area is 123 Å². The van der Waals surface area contributed by atoms with E-state index in [4.69, 9.17) is 4.74 Å². The molecule has 0 aromatic carbocycles.